The molecule has 1 N–H and O–H groups in total. The van der Waals surface area contributed by atoms with Crippen molar-refractivity contribution >= 4 is 5.78 Å². The molecule has 16 heavy (non-hydrogen) atoms. The van der Waals surface area contributed by atoms with E-state index in [0.29, 0.717) is 23.3 Å². The van der Waals surface area contributed by atoms with Crippen molar-refractivity contribution in [2.24, 2.45) is 29.6 Å². The molecular formula is C14H20O2. The maximum absolute atomic E-state index is 12.0. The Morgan fingerprint density at radius 3 is 2.56 bits per heavy atom. The third kappa shape index (κ3) is 1.26. The lowest BCUT2D eigenvalue weighted by atomic mass is 9.81. The summed E-state index contributed by atoms with van der Waals surface area (Å²) in [7, 11) is 0. The molecule has 0 aromatic carbocycles. The summed E-state index contributed by atoms with van der Waals surface area (Å²) < 4.78 is 0. The van der Waals surface area contributed by atoms with Crippen LogP contribution in [0.4, 0.5) is 0 Å². The minimum Gasteiger partial charge on any atom is -0.392 e. The van der Waals surface area contributed by atoms with E-state index in [9.17, 15) is 9.90 Å². The Kier molecular flexibility index (Phi) is 2.25. The van der Waals surface area contributed by atoms with E-state index in [2.05, 4.69) is 6.58 Å². The van der Waals surface area contributed by atoms with Crippen molar-refractivity contribution in [3.63, 3.8) is 0 Å². The first-order valence-corrected chi connectivity index (χ1v) is 6.47. The molecule has 2 nitrogen and oxygen atoms in total. The second-order valence-electron chi connectivity index (χ2n) is 6.05. The Bertz CT molecular complexity index is 347. The molecule has 3 saturated carbocycles. The predicted octanol–water partition coefficient (Wildman–Crippen LogP) is 2.17. The Morgan fingerprint density at radius 1 is 1.25 bits per heavy atom. The van der Waals surface area contributed by atoms with Crippen molar-refractivity contribution in [3.8, 4) is 0 Å². The maximum atomic E-state index is 12.0. The van der Waals surface area contributed by atoms with E-state index in [1.807, 2.05) is 0 Å². The van der Waals surface area contributed by atoms with Crippen LogP contribution in [0.15, 0.2) is 12.2 Å². The fraction of sp³-hybridized carbons (Fsp3) is 0.786. The largest absolute Gasteiger partial charge is 0.392 e. The molecule has 0 saturated heterocycles. The van der Waals surface area contributed by atoms with Gasteiger partial charge in [-0.25, -0.2) is 0 Å². The summed E-state index contributed by atoms with van der Waals surface area (Å²) in [5.41, 5.74) is 0.608. The molecule has 0 spiro atoms. The van der Waals surface area contributed by atoms with Crippen LogP contribution in [0.3, 0.4) is 0 Å². The summed E-state index contributed by atoms with van der Waals surface area (Å²) in [6.07, 6.45) is 4.44. The fourth-order valence-corrected chi connectivity index (χ4v) is 4.62. The summed E-state index contributed by atoms with van der Waals surface area (Å²) in [5, 5.41) is 10.3. The number of carbonyl (C=O) groups is 1. The number of hydrogen-bond donors (Lipinski definition) is 1. The number of rotatable bonds is 2. The second kappa shape index (κ2) is 3.43. The zero-order valence-corrected chi connectivity index (χ0v) is 9.86. The van der Waals surface area contributed by atoms with Gasteiger partial charge >= 0.3 is 0 Å². The first-order chi connectivity index (χ1) is 7.59. The first-order valence-electron chi connectivity index (χ1n) is 6.47. The van der Waals surface area contributed by atoms with Gasteiger partial charge in [0.15, 0.2) is 5.78 Å². The van der Waals surface area contributed by atoms with Gasteiger partial charge in [0, 0.05) is 5.92 Å². The van der Waals surface area contributed by atoms with Crippen molar-refractivity contribution in [1.29, 1.82) is 0 Å². The topological polar surface area (TPSA) is 37.3 Å². The van der Waals surface area contributed by atoms with Crippen LogP contribution in [0.2, 0.25) is 0 Å². The molecule has 0 heterocycles. The molecule has 0 aromatic heterocycles. The van der Waals surface area contributed by atoms with Gasteiger partial charge in [-0.1, -0.05) is 6.58 Å². The average Bonchev–Trinajstić information content (AvgIpc) is 2.89. The lowest BCUT2D eigenvalue weighted by molar-refractivity contribution is -0.122. The molecule has 6 unspecified atom stereocenters. The molecule has 6 atom stereocenters. The molecule has 3 fully saturated rings. The smallest absolute Gasteiger partial charge is 0.163 e. The molecule has 0 radical (unpaired) electrons. The van der Waals surface area contributed by atoms with E-state index in [1.165, 1.54) is 19.3 Å². The number of aliphatic hydroxyl groups is 1. The Hall–Kier alpha value is -0.630. The minimum absolute atomic E-state index is 0.0984. The van der Waals surface area contributed by atoms with E-state index in [4.69, 9.17) is 0 Å². The molecule has 3 aliphatic carbocycles. The summed E-state index contributed by atoms with van der Waals surface area (Å²) in [4.78, 5) is 12.0. The average molecular weight is 220 g/mol. The summed E-state index contributed by atoms with van der Waals surface area (Å²) >= 11 is 0. The first kappa shape index (κ1) is 10.5. The normalized spacial score (nSPS) is 49.4. The van der Waals surface area contributed by atoms with Gasteiger partial charge in [0.2, 0.25) is 0 Å². The highest BCUT2D eigenvalue weighted by Crippen LogP contribution is 2.60. The van der Waals surface area contributed by atoms with E-state index >= 15 is 0 Å². The highest BCUT2D eigenvalue weighted by Gasteiger charge is 2.57. The number of Topliss-reactive ketones (excluding diaryl/α,β-unsaturated/α-hetero) is 1. The highest BCUT2D eigenvalue weighted by atomic mass is 16.3. The van der Waals surface area contributed by atoms with E-state index in [0.717, 1.165) is 12.3 Å². The Labute approximate surface area is 96.7 Å². The number of hydrogen-bond acceptors (Lipinski definition) is 2. The van der Waals surface area contributed by atoms with Crippen LogP contribution in [0.25, 0.3) is 0 Å². The third-order valence-corrected chi connectivity index (χ3v) is 5.25. The van der Waals surface area contributed by atoms with Crippen LogP contribution >= 0.6 is 0 Å². The number of aliphatic hydroxyl groups excluding tert-OH is 1. The molecule has 2 heteroatoms. The zero-order chi connectivity index (χ0) is 11.4. The van der Waals surface area contributed by atoms with E-state index < -0.39 is 0 Å². The summed E-state index contributed by atoms with van der Waals surface area (Å²) in [6.45, 7) is 5.48. The van der Waals surface area contributed by atoms with E-state index in [-0.39, 0.29) is 17.8 Å². The van der Waals surface area contributed by atoms with Crippen molar-refractivity contribution in [2.75, 3.05) is 0 Å². The fourth-order valence-electron chi connectivity index (χ4n) is 4.62. The lowest BCUT2D eigenvalue weighted by Gasteiger charge is -2.26. The van der Waals surface area contributed by atoms with Crippen LogP contribution in [-0.2, 0) is 4.79 Å². The van der Waals surface area contributed by atoms with Crippen LogP contribution in [0.5, 0.6) is 0 Å². The third-order valence-electron chi connectivity index (χ3n) is 5.25. The summed E-state index contributed by atoms with van der Waals surface area (Å²) in [5.74, 6) is 2.51. The van der Waals surface area contributed by atoms with Gasteiger partial charge in [-0.2, -0.15) is 0 Å². The lowest BCUT2D eigenvalue weighted by Crippen LogP contribution is -2.31. The van der Waals surface area contributed by atoms with Crippen molar-refractivity contribution in [3.05, 3.63) is 12.2 Å². The summed E-state index contributed by atoms with van der Waals surface area (Å²) in [6, 6.07) is 0. The van der Waals surface area contributed by atoms with Crippen molar-refractivity contribution in [2.45, 2.75) is 38.7 Å². The van der Waals surface area contributed by atoms with Gasteiger partial charge in [-0.15, -0.1) is 0 Å². The van der Waals surface area contributed by atoms with Crippen molar-refractivity contribution < 1.29 is 9.90 Å². The van der Waals surface area contributed by atoms with Gasteiger partial charge in [-0.3, -0.25) is 4.79 Å². The number of fused-ring (bicyclic) bond motifs is 5. The number of allylic oxidation sites excluding steroid dienone is 1. The highest BCUT2D eigenvalue weighted by molar-refractivity contribution is 5.96. The molecule has 3 rings (SSSR count). The van der Waals surface area contributed by atoms with Gasteiger partial charge in [0.05, 0.1) is 6.10 Å². The number of ketones is 1. The quantitative estimate of drug-likeness (QED) is 0.724. The van der Waals surface area contributed by atoms with Gasteiger partial charge in [-0.05, 0) is 61.9 Å². The molecular weight excluding hydrogens is 200 g/mol. The SMILES string of the molecule is C=C(C)C(=O)C1CC2C3CCC(C3)C2C1O. The molecule has 3 aliphatic rings. The number of carbonyl (C=O) groups excluding carboxylic acids is 1. The Morgan fingerprint density at radius 2 is 1.94 bits per heavy atom. The van der Waals surface area contributed by atoms with Crippen molar-refractivity contribution in [1.82, 2.24) is 0 Å². The molecule has 0 amide bonds. The van der Waals surface area contributed by atoms with E-state index in [1.54, 1.807) is 6.92 Å². The standard InChI is InChI=1S/C14H20O2/c1-7(2)13(15)11-6-10-8-3-4-9(5-8)12(10)14(11)16/h8-12,14,16H,1,3-6H2,2H3. The molecule has 88 valence electrons. The second-order valence-corrected chi connectivity index (χ2v) is 6.05. The van der Waals surface area contributed by atoms with Gasteiger partial charge in [0.1, 0.15) is 0 Å². The zero-order valence-electron chi connectivity index (χ0n) is 9.86. The van der Waals surface area contributed by atoms with Gasteiger partial charge < -0.3 is 5.11 Å². The monoisotopic (exact) mass is 220 g/mol. The molecule has 0 aliphatic heterocycles. The van der Waals surface area contributed by atoms with Gasteiger partial charge in [0.25, 0.3) is 0 Å². The van der Waals surface area contributed by atoms with Crippen LogP contribution in [0.1, 0.15) is 32.6 Å². The van der Waals surface area contributed by atoms with Crippen LogP contribution in [0, 0.1) is 29.6 Å². The maximum Gasteiger partial charge on any atom is 0.163 e. The van der Waals surface area contributed by atoms with Crippen LogP contribution < -0.4 is 0 Å². The minimum atomic E-state index is -0.385. The Balaban J connectivity index is 1.82. The van der Waals surface area contributed by atoms with Crippen LogP contribution in [-0.4, -0.2) is 17.0 Å². The molecule has 2 bridgehead atoms. The molecule has 0 aromatic rings. The predicted molar refractivity (Wildman–Crippen MR) is 61.7 cm³/mol.